The second-order valence-electron chi connectivity index (χ2n) is 14.9. The summed E-state index contributed by atoms with van der Waals surface area (Å²) >= 11 is 0. The molecule has 0 fully saturated rings. The van der Waals surface area contributed by atoms with Crippen LogP contribution in [0.25, 0.3) is 0 Å². The Morgan fingerprint density at radius 1 is 0.500 bits per heavy atom. The molecule has 0 aliphatic heterocycles. The summed E-state index contributed by atoms with van der Waals surface area (Å²) in [6.07, 6.45) is 37.4. The lowest BCUT2D eigenvalue weighted by atomic mass is 10.1. The average molecular weight is 766 g/mol. The van der Waals surface area contributed by atoms with Crippen molar-refractivity contribution in [2.75, 3.05) is 52.7 Å². The molecule has 0 saturated heterocycles. The Balaban J connectivity index is 3.95. The number of ether oxygens (including phenoxy) is 4. The van der Waals surface area contributed by atoms with E-state index in [1.807, 2.05) is 0 Å². The second kappa shape index (κ2) is 44.0. The van der Waals surface area contributed by atoms with Crippen molar-refractivity contribution in [3.63, 3.8) is 0 Å². The molecule has 0 rings (SSSR count). The molecule has 0 bridgehead atoms. The summed E-state index contributed by atoms with van der Waals surface area (Å²) in [4.78, 5) is 26.8. The summed E-state index contributed by atoms with van der Waals surface area (Å²) in [6, 6.07) is 0. The molecule has 0 spiro atoms. The molecule has 0 saturated carbocycles. The summed E-state index contributed by atoms with van der Waals surface area (Å²) in [5.41, 5.74) is 0. The van der Waals surface area contributed by atoms with E-state index in [4.69, 9.17) is 18.9 Å². The van der Waals surface area contributed by atoms with E-state index in [2.05, 4.69) is 50.0 Å². The lowest BCUT2D eigenvalue weighted by molar-refractivity contribution is -0.151. The van der Waals surface area contributed by atoms with E-state index in [1.165, 1.54) is 44.9 Å². The van der Waals surface area contributed by atoms with Gasteiger partial charge in [0.1, 0.15) is 0 Å². The van der Waals surface area contributed by atoms with Crippen LogP contribution in [0.4, 0.5) is 0 Å². The number of esters is 2. The van der Waals surface area contributed by atoms with Gasteiger partial charge in [0.05, 0.1) is 26.4 Å². The molecule has 0 radical (unpaired) electrons. The van der Waals surface area contributed by atoms with Gasteiger partial charge in [-0.1, -0.05) is 122 Å². The molecule has 0 aromatic rings. The standard InChI is InChI=1S/C46H87NO7/c1-4-7-10-13-14-22-27-40-51-44(49)33-24-17-15-18-25-36-47(38-32-39-48)37-26-19-16-23-28-41-52-45(50)34-31-35-46(53-42-29-20-11-8-5-2)54-43-30-21-12-9-6-3/h8-9,11-12,46,48H,4-7,10,13-43H2,1-3H3/b11-8-,12-9-. The topological polar surface area (TPSA) is 94.5 Å². The Morgan fingerprint density at radius 2 is 0.944 bits per heavy atom. The van der Waals surface area contributed by atoms with Crippen LogP contribution in [0, 0.1) is 0 Å². The van der Waals surface area contributed by atoms with Crippen molar-refractivity contribution in [2.24, 2.45) is 0 Å². The number of carbonyl (C=O) groups is 2. The van der Waals surface area contributed by atoms with Gasteiger partial charge in [-0.25, -0.2) is 0 Å². The number of carbonyl (C=O) groups excluding carboxylic acids is 2. The van der Waals surface area contributed by atoms with Crippen molar-refractivity contribution >= 4 is 11.9 Å². The predicted octanol–water partition coefficient (Wildman–Crippen LogP) is 11.8. The van der Waals surface area contributed by atoms with E-state index in [0.717, 1.165) is 129 Å². The molecular weight excluding hydrogens is 679 g/mol. The summed E-state index contributed by atoms with van der Waals surface area (Å²) in [7, 11) is 0. The average Bonchev–Trinajstić information content (AvgIpc) is 3.17. The second-order valence-corrected chi connectivity index (χ2v) is 14.9. The van der Waals surface area contributed by atoms with Crippen LogP contribution >= 0.6 is 0 Å². The fourth-order valence-corrected chi connectivity index (χ4v) is 6.34. The maximum absolute atomic E-state index is 12.4. The number of hydrogen-bond acceptors (Lipinski definition) is 8. The van der Waals surface area contributed by atoms with Crippen molar-refractivity contribution in [3.05, 3.63) is 24.3 Å². The van der Waals surface area contributed by atoms with Crippen molar-refractivity contribution < 1.29 is 33.6 Å². The van der Waals surface area contributed by atoms with Crippen LogP contribution in [-0.2, 0) is 28.5 Å². The third-order valence-corrected chi connectivity index (χ3v) is 9.64. The smallest absolute Gasteiger partial charge is 0.305 e. The highest BCUT2D eigenvalue weighted by Gasteiger charge is 2.12. The van der Waals surface area contributed by atoms with Crippen molar-refractivity contribution in [2.45, 2.75) is 207 Å². The highest BCUT2D eigenvalue weighted by atomic mass is 16.7. The van der Waals surface area contributed by atoms with E-state index >= 15 is 0 Å². The number of allylic oxidation sites excluding steroid dienone is 4. The highest BCUT2D eigenvalue weighted by molar-refractivity contribution is 5.69. The molecule has 0 unspecified atom stereocenters. The number of aliphatic hydroxyl groups is 1. The highest BCUT2D eigenvalue weighted by Crippen LogP contribution is 2.13. The van der Waals surface area contributed by atoms with Gasteiger partial charge in [0.25, 0.3) is 0 Å². The maximum atomic E-state index is 12.4. The Morgan fingerprint density at radius 3 is 1.44 bits per heavy atom. The largest absolute Gasteiger partial charge is 0.466 e. The first-order valence-electron chi connectivity index (χ1n) is 22.7. The summed E-state index contributed by atoms with van der Waals surface area (Å²) in [5, 5.41) is 9.36. The minimum atomic E-state index is -0.263. The van der Waals surface area contributed by atoms with Gasteiger partial charge in [-0.2, -0.15) is 0 Å². The molecule has 0 aliphatic carbocycles. The quantitative estimate of drug-likeness (QED) is 0.0284. The van der Waals surface area contributed by atoms with Crippen molar-refractivity contribution in [3.8, 4) is 0 Å². The Labute approximate surface area is 333 Å². The van der Waals surface area contributed by atoms with Crippen LogP contribution in [-0.4, -0.2) is 80.9 Å². The zero-order valence-electron chi connectivity index (χ0n) is 35.7. The molecule has 0 aromatic heterocycles. The fourth-order valence-electron chi connectivity index (χ4n) is 6.34. The van der Waals surface area contributed by atoms with Gasteiger partial charge < -0.3 is 29.0 Å². The van der Waals surface area contributed by atoms with Gasteiger partial charge in [0.15, 0.2) is 6.29 Å². The lowest BCUT2D eigenvalue weighted by Crippen LogP contribution is -2.27. The number of nitrogens with zero attached hydrogens (tertiary/aromatic N) is 1. The normalized spacial score (nSPS) is 11.9. The molecule has 1 N–H and O–H groups in total. The summed E-state index contributed by atoms with van der Waals surface area (Å²) in [5.74, 6) is -0.160. The third kappa shape index (κ3) is 39.9. The lowest BCUT2D eigenvalue weighted by Gasteiger charge is -2.22. The molecule has 54 heavy (non-hydrogen) atoms. The van der Waals surface area contributed by atoms with Gasteiger partial charge in [-0.15, -0.1) is 0 Å². The van der Waals surface area contributed by atoms with Gasteiger partial charge in [0.2, 0.25) is 0 Å². The van der Waals surface area contributed by atoms with Gasteiger partial charge >= 0.3 is 11.9 Å². The first kappa shape index (κ1) is 52.3. The Kier molecular flexibility index (Phi) is 42.6. The van der Waals surface area contributed by atoms with Crippen molar-refractivity contribution in [1.82, 2.24) is 4.90 Å². The molecule has 8 heteroatoms. The number of hydrogen-bond donors (Lipinski definition) is 1. The predicted molar refractivity (Wildman–Crippen MR) is 226 cm³/mol. The Bertz CT molecular complexity index is 827. The minimum absolute atomic E-state index is 0.0346. The third-order valence-electron chi connectivity index (χ3n) is 9.64. The van der Waals surface area contributed by atoms with E-state index in [-0.39, 0.29) is 24.8 Å². The number of aliphatic hydroxyl groups excluding tert-OH is 1. The molecular formula is C46H87NO7. The molecule has 0 aromatic carbocycles. The number of rotatable bonds is 43. The first-order chi connectivity index (χ1) is 26.6. The van der Waals surface area contributed by atoms with Crippen LogP contribution < -0.4 is 0 Å². The summed E-state index contributed by atoms with van der Waals surface area (Å²) < 4.78 is 23.0. The van der Waals surface area contributed by atoms with E-state index < -0.39 is 0 Å². The van der Waals surface area contributed by atoms with E-state index in [9.17, 15) is 14.7 Å². The van der Waals surface area contributed by atoms with E-state index in [1.54, 1.807) is 0 Å². The SMILES string of the molecule is CC/C=C\CCCOC(CCCC(=O)OCCCCCCCN(CCCO)CCCCCCCC(=O)OCCCCCCCCC)OCCC/C=C\CC. The molecule has 8 nitrogen and oxygen atoms in total. The van der Waals surface area contributed by atoms with Crippen LogP contribution in [0.1, 0.15) is 201 Å². The minimum Gasteiger partial charge on any atom is -0.466 e. The van der Waals surface area contributed by atoms with Crippen LogP contribution in [0.2, 0.25) is 0 Å². The maximum Gasteiger partial charge on any atom is 0.305 e. The van der Waals surface area contributed by atoms with Gasteiger partial charge in [0, 0.05) is 26.0 Å². The summed E-state index contributed by atoms with van der Waals surface area (Å²) in [6.45, 7) is 12.3. The fraction of sp³-hybridized carbons (Fsp3) is 0.870. The van der Waals surface area contributed by atoms with Gasteiger partial charge in [-0.3, -0.25) is 9.59 Å². The van der Waals surface area contributed by atoms with Gasteiger partial charge in [-0.05, 0) is 103 Å². The van der Waals surface area contributed by atoms with Crippen LogP contribution in [0.5, 0.6) is 0 Å². The Hall–Kier alpha value is -1.74. The number of unbranched alkanes of at least 4 members (excludes halogenated alkanes) is 16. The van der Waals surface area contributed by atoms with Crippen LogP contribution in [0.15, 0.2) is 24.3 Å². The first-order valence-corrected chi connectivity index (χ1v) is 22.7. The zero-order valence-corrected chi connectivity index (χ0v) is 35.7. The zero-order chi connectivity index (χ0) is 39.4. The molecule has 0 aliphatic rings. The van der Waals surface area contributed by atoms with Crippen LogP contribution in [0.3, 0.4) is 0 Å². The molecule has 0 amide bonds. The molecule has 0 heterocycles. The molecule has 318 valence electrons. The molecule has 0 atom stereocenters. The monoisotopic (exact) mass is 766 g/mol. The van der Waals surface area contributed by atoms with E-state index in [0.29, 0.717) is 52.1 Å². The van der Waals surface area contributed by atoms with Crippen molar-refractivity contribution in [1.29, 1.82) is 0 Å².